The van der Waals surface area contributed by atoms with Gasteiger partial charge in [-0.3, -0.25) is 0 Å². The van der Waals surface area contributed by atoms with Crippen molar-refractivity contribution in [1.29, 1.82) is 0 Å². The van der Waals surface area contributed by atoms with Gasteiger partial charge in [0.15, 0.2) is 1.05 Å². The lowest BCUT2D eigenvalue weighted by atomic mass is 10.1. The molecule has 0 saturated carbocycles. The van der Waals surface area contributed by atoms with Gasteiger partial charge in [-0.2, -0.15) is 0 Å². The molecule has 2 aliphatic heterocycles. The van der Waals surface area contributed by atoms with Gasteiger partial charge >= 0.3 is 0 Å². The van der Waals surface area contributed by atoms with Crippen LogP contribution in [-0.2, 0) is 9.47 Å². The van der Waals surface area contributed by atoms with Crippen LogP contribution in [0.3, 0.4) is 0 Å². The molecule has 2 fully saturated rings. The molecule has 0 spiro atoms. The standard InChI is InChI=1S/C18H15P.C8H15BrO.C8H16O2.CBr4/c1-4-10-16(11-5-1)19(17-12-6-2-7-13-17)18-14-8-3-9-15-18;2*1-2-7-8(10-7)5-3-4-6-9;2-1(3,4)5/h1-15H;7-8H,2-6H2,1H3;7-9H,2-6H2,1H3;/t;2*7?,8-;/m.00./s1. The summed E-state index contributed by atoms with van der Waals surface area (Å²) in [4.78, 5) is 0. The van der Waals surface area contributed by atoms with Crippen molar-refractivity contribution >= 4 is 103 Å². The van der Waals surface area contributed by atoms with Gasteiger partial charge in [-0.05, 0) is 139 Å². The number of benzene rings is 3. The van der Waals surface area contributed by atoms with Crippen molar-refractivity contribution in [2.75, 3.05) is 11.9 Å². The molecule has 4 atom stereocenters. The largest absolute Gasteiger partial charge is 0.396 e. The van der Waals surface area contributed by atoms with Gasteiger partial charge in [0.1, 0.15) is 0 Å². The number of alkyl halides is 5. The van der Waals surface area contributed by atoms with Gasteiger partial charge in [0, 0.05) is 11.9 Å². The molecular formula is C35H46Br5O3P. The molecule has 2 unspecified atom stereocenters. The lowest BCUT2D eigenvalue weighted by Crippen LogP contribution is -2.20. The summed E-state index contributed by atoms with van der Waals surface area (Å²) in [5, 5.41) is 13.8. The number of halogens is 5. The Hall–Kier alpha value is 0.370. The molecule has 0 aromatic heterocycles. The summed E-state index contributed by atoms with van der Waals surface area (Å²) >= 11 is 15.9. The van der Waals surface area contributed by atoms with Crippen LogP contribution < -0.4 is 15.9 Å². The van der Waals surface area contributed by atoms with E-state index < -0.39 is 7.92 Å². The van der Waals surface area contributed by atoms with E-state index in [1.165, 1.54) is 41.6 Å². The first-order valence-electron chi connectivity index (χ1n) is 15.4. The molecule has 0 amide bonds. The van der Waals surface area contributed by atoms with E-state index in [1.54, 1.807) is 0 Å². The zero-order chi connectivity index (χ0) is 32.2. The molecule has 0 aliphatic carbocycles. The van der Waals surface area contributed by atoms with E-state index >= 15 is 0 Å². The van der Waals surface area contributed by atoms with Crippen LogP contribution in [0, 0.1) is 0 Å². The zero-order valence-corrected chi connectivity index (χ0v) is 34.5. The number of hydrogen-bond donors (Lipinski definition) is 1. The maximum Gasteiger partial charge on any atom is 0.189 e. The summed E-state index contributed by atoms with van der Waals surface area (Å²) in [5.74, 6) is 0. The number of rotatable bonds is 13. The fourth-order valence-corrected chi connectivity index (χ4v) is 7.36. The Morgan fingerprint density at radius 1 is 0.591 bits per heavy atom. The summed E-state index contributed by atoms with van der Waals surface area (Å²) in [7, 11) is -0.446. The molecule has 3 nitrogen and oxygen atoms in total. The Labute approximate surface area is 309 Å². The van der Waals surface area contributed by atoms with E-state index in [9.17, 15) is 0 Å². The molecule has 5 rings (SSSR count). The number of epoxide rings is 2. The summed E-state index contributed by atoms with van der Waals surface area (Å²) in [5.41, 5.74) is 0. The molecule has 244 valence electrons. The Morgan fingerprint density at radius 3 is 1.20 bits per heavy atom. The second-order valence-corrected chi connectivity index (χ2v) is 24.6. The highest BCUT2D eigenvalue weighted by molar-refractivity contribution is 9.52. The predicted octanol–water partition coefficient (Wildman–Crippen LogP) is 10.7. The Kier molecular flexibility index (Phi) is 21.8. The van der Waals surface area contributed by atoms with Crippen molar-refractivity contribution in [2.24, 2.45) is 0 Å². The lowest BCUT2D eigenvalue weighted by Gasteiger charge is -2.18. The molecule has 2 saturated heterocycles. The number of hydrogen-bond acceptors (Lipinski definition) is 3. The molecule has 1 N–H and O–H groups in total. The molecular weight excluding hydrogens is 899 g/mol. The summed E-state index contributed by atoms with van der Waals surface area (Å²) in [6.45, 7) is 4.66. The normalized spacial score (nSPS) is 19.8. The van der Waals surface area contributed by atoms with Gasteiger partial charge < -0.3 is 14.6 Å². The Balaban J connectivity index is 0.000000230. The van der Waals surface area contributed by atoms with Crippen molar-refractivity contribution in [1.82, 2.24) is 0 Å². The van der Waals surface area contributed by atoms with Crippen molar-refractivity contribution in [3.05, 3.63) is 91.0 Å². The summed E-state index contributed by atoms with van der Waals surface area (Å²) in [6.07, 6.45) is 11.7. The van der Waals surface area contributed by atoms with Crippen LogP contribution in [0.4, 0.5) is 0 Å². The zero-order valence-electron chi connectivity index (χ0n) is 25.6. The van der Waals surface area contributed by atoms with Crippen molar-refractivity contribution in [3.63, 3.8) is 0 Å². The fourth-order valence-electron chi connectivity index (χ4n) is 4.66. The monoisotopic (exact) mass is 940 g/mol. The van der Waals surface area contributed by atoms with E-state index in [2.05, 4.69) is 184 Å². The fraction of sp³-hybridized carbons (Fsp3) is 0.486. The van der Waals surface area contributed by atoms with E-state index in [4.69, 9.17) is 14.6 Å². The quantitative estimate of drug-likeness (QED) is 0.0804. The topological polar surface area (TPSA) is 45.3 Å². The number of aliphatic hydroxyl groups excluding tert-OH is 1. The maximum absolute atomic E-state index is 8.48. The minimum atomic E-state index is -0.446. The third kappa shape index (κ3) is 18.6. The van der Waals surface area contributed by atoms with Crippen LogP contribution in [0.25, 0.3) is 0 Å². The van der Waals surface area contributed by atoms with Crippen LogP contribution in [-0.4, -0.2) is 42.5 Å². The van der Waals surface area contributed by atoms with E-state index in [0.29, 0.717) is 31.0 Å². The van der Waals surface area contributed by atoms with Crippen LogP contribution in [0.1, 0.15) is 65.2 Å². The Bertz CT molecular complexity index is 982. The van der Waals surface area contributed by atoms with Gasteiger partial charge in [-0.15, -0.1) is 0 Å². The maximum atomic E-state index is 8.48. The molecule has 44 heavy (non-hydrogen) atoms. The van der Waals surface area contributed by atoms with Crippen LogP contribution >= 0.6 is 87.6 Å². The van der Waals surface area contributed by atoms with E-state index in [-0.39, 0.29) is 1.05 Å². The molecule has 0 bridgehead atoms. The van der Waals surface area contributed by atoms with E-state index in [1.807, 2.05) is 0 Å². The average Bonchev–Trinajstić information content (AvgIpc) is 3.95. The molecule has 2 aliphatic rings. The van der Waals surface area contributed by atoms with Crippen molar-refractivity contribution < 1.29 is 14.6 Å². The van der Waals surface area contributed by atoms with Crippen molar-refractivity contribution in [2.45, 2.75) is 90.7 Å². The number of aliphatic hydroxyl groups is 1. The average molecular weight is 945 g/mol. The summed E-state index contributed by atoms with van der Waals surface area (Å²) in [6, 6.07) is 32.3. The number of unbranched alkanes of at least 4 members (excludes halogenated alkanes) is 2. The predicted molar refractivity (Wildman–Crippen MR) is 210 cm³/mol. The molecule has 3 aromatic rings. The first kappa shape index (κ1) is 40.5. The second-order valence-electron chi connectivity index (χ2n) is 10.4. The van der Waals surface area contributed by atoms with Gasteiger partial charge in [0.2, 0.25) is 0 Å². The van der Waals surface area contributed by atoms with Gasteiger partial charge in [0.05, 0.1) is 24.4 Å². The summed E-state index contributed by atoms with van der Waals surface area (Å²) < 4.78 is 10.5. The molecule has 2 heterocycles. The number of ether oxygens (including phenoxy) is 2. The first-order valence-corrected chi connectivity index (χ1v) is 21.0. The van der Waals surface area contributed by atoms with Gasteiger partial charge in [-0.1, -0.05) is 121 Å². The Morgan fingerprint density at radius 2 is 0.932 bits per heavy atom. The molecule has 3 aromatic carbocycles. The minimum absolute atomic E-state index is 0.250. The van der Waals surface area contributed by atoms with Crippen molar-refractivity contribution in [3.8, 4) is 0 Å². The SMILES string of the molecule is BrC(Br)(Br)Br.CCC1O[C@H]1CCCCBr.CCC1O[C@H]1CCCCO.c1ccc(P(c2ccccc2)c2ccccc2)cc1. The van der Waals surface area contributed by atoms with Crippen LogP contribution in [0.5, 0.6) is 0 Å². The van der Waals surface area contributed by atoms with Gasteiger partial charge in [0.25, 0.3) is 0 Å². The third-order valence-corrected chi connectivity index (χ3v) is 10.00. The first-order chi connectivity index (χ1) is 21.2. The van der Waals surface area contributed by atoms with Crippen LogP contribution in [0.15, 0.2) is 91.0 Å². The third-order valence-electron chi connectivity index (χ3n) is 6.99. The van der Waals surface area contributed by atoms with E-state index in [0.717, 1.165) is 31.0 Å². The smallest absolute Gasteiger partial charge is 0.189 e. The highest BCUT2D eigenvalue weighted by Gasteiger charge is 2.36. The second kappa shape index (κ2) is 23.7. The highest BCUT2D eigenvalue weighted by Crippen LogP contribution is 2.39. The van der Waals surface area contributed by atoms with Gasteiger partial charge in [-0.25, -0.2) is 0 Å². The minimum Gasteiger partial charge on any atom is -0.396 e. The lowest BCUT2D eigenvalue weighted by molar-refractivity contribution is 0.278. The molecule has 0 radical (unpaired) electrons. The highest BCUT2D eigenvalue weighted by atomic mass is 80.0. The molecule has 9 heteroatoms. The van der Waals surface area contributed by atoms with Crippen LogP contribution in [0.2, 0.25) is 0 Å².